The number of nitrogens with two attached hydrogens (primary N) is 5. The molecule has 3 fully saturated rings. The summed E-state index contributed by atoms with van der Waals surface area (Å²) in [7, 11) is 2.89. The minimum Gasteiger partial charge on any atom is -0.469 e. The first kappa shape index (κ1) is 54.3. The second kappa shape index (κ2) is 30.3. The van der Waals surface area contributed by atoms with Crippen LogP contribution in [0.1, 0.15) is 128 Å². The Hall–Kier alpha value is -4.81. The molecule has 0 aromatic carbocycles. The monoisotopic (exact) mass is 880 g/mol. The average molecular weight is 880 g/mol. The fourth-order valence-corrected chi connectivity index (χ4v) is 9.24. The minimum atomic E-state index is -0.176. The third-order valence-corrected chi connectivity index (χ3v) is 12.4. The lowest BCUT2D eigenvalue weighted by molar-refractivity contribution is -0.147. The number of Topliss-reactive ketones (excluding diaryl/α,β-unsaturated/α-hetero) is 1. The third kappa shape index (κ3) is 16.0. The van der Waals surface area contributed by atoms with E-state index in [0.717, 1.165) is 87.8 Å². The maximum atomic E-state index is 12.2. The summed E-state index contributed by atoms with van der Waals surface area (Å²) in [4.78, 5) is 35.5. The first-order chi connectivity index (χ1) is 30.2. The van der Waals surface area contributed by atoms with E-state index >= 15 is 0 Å². The highest BCUT2D eigenvalue weighted by atomic mass is 16.5. The van der Waals surface area contributed by atoms with Crippen molar-refractivity contribution in [3.05, 3.63) is 23.8 Å². The number of nitrogens with zero attached hydrogens (tertiary/aromatic N) is 10. The molecule has 0 saturated heterocycles. The van der Waals surface area contributed by atoms with Crippen molar-refractivity contribution in [1.82, 2.24) is 20.4 Å². The van der Waals surface area contributed by atoms with Crippen LogP contribution in [0.25, 0.3) is 0 Å². The molecule has 20 nitrogen and oxygen atoms in total. The molecule has 4 aliphatic carbocycles. The number of aromatic nitrogens is 4. The summed E-state index contributed by atoms with van der Waals surface area (Å²) in [6.45, 7) is 1.71. The summed E-state index contributed by atoms with van der Waals surface area (Å²) in [5.74, 6) is 1.97. The minimum absolute atomic E-state index is 0. The van der Waals surface area contributed by atoms with Gasteiger partial charge in [-0.05, 0) is 51.4 Å². The number of ether oxygens (including phenoxy) is 2. The van der Waals surface area contributed by atoms with Crippen LogP contribution < -0.4 is 28.7 Å². The first-order valence-electron chi connectivity index (χ1n) is 22.1. The Bertz CT molecular complexity index is 1700. The number of hydrogen-bond acceptors (Lipinski definition) is 20. The van der Waals surface area contributed by atoms with Crippen LogP contribution >= 0.6 is 0 Å². The van der Waals surface area contributed by atoms with Gasteiger partial charge in [-0.2, -0.15) is 20.4 Å². The van der Waals surface area contributed by atoms with E-state index in [1.54, 1.807) is 0 Å². The SMILES string of the molecule is C.COC(=O)C1/C=C/CCCCC1.COC(=O)C1CCCCCC2C(CN)=NN=C(CN)C12.N#N.NCC1=NN=C2CCC(=O)C3CCCCCC1C23.NCc1nnc(CN)nn1. The Morgan fingerprint density at radius 3 is 1.60 bits per heavy atom. The zero-order chi connectivity index (χ0) is 45.3. The van der Waals surface area contributed by atoms with Gasteiger partial charge in [0.25, 0.3) is 0 Å². The van der Waals surface area contributed by atoms with Gasteiger partial charge in [-0.15, -0.1) is 20.4 Å². The molecule has 10 N–H and O–H groups in total. The van der Waals surface area contributed by atoms with Crippen molar-refractivity contribution in [2.75, 3.05) is 33.9 Å². The van der Waals surface area contributed by atoms with Crippen molar-refractivity contribution in [2.24, 2.45) is 90.5 Å². The van der Waals surface area contributed by atoms with Gasteiger partial charge in [0.05, 0.1) is 56.3 Å². The van der Waals surface area contributed by atoms with E-state index in [4.69, 9.17) is 48.9 Å². The lowest BCUT2D eigenvalue weighted by Crippen LogP contribution is -2.46. The second-order valence-corrected chi connectivity index (χ2v) is 16.1. The van der Waals surface area contributed by atoms with E-state index in [1.165, 1.54) is 52.0 Å². The van der Waals surface area contributed by atoms with Gasteiger partial charge in [-0.3, -0.25) is 14.4 Å². The van der Waals surface area contributed by atoms with Gasteiger partial charge in [0, 0.05) is 72.1 Å². The van der Waals surface area contributed by atoms with E-state index in [-0.39, 0.29) is 62.0 Å². The van der Waals surface area contributed by atoms with E-state index in [1.807, 2.05) is 6.08 Å². The van der Waals surface area contributed by atoms with Crippen LogP contribution in [0.15, 0.2) is 32.6 Å². The normalized spacial score (nSPS) is 26.7. The molecule has 0 radical (unpaired) electrons. The highest BCUT2D eigenvalue weighted by molar-refractivity contribution is 6.05. The molecule has 20 heteroatoms. The van der Waals surface area contributed by atoms with E-state index < -0.39 is 0 Å². The number of methoxy groups -OCH3 is 2. The standard InChI is InChI=1S/C14H24N4O2.C14H21N3O.C10H16O2.C4H8N6.CH4.N2/c1-20-14(19)10-6-4-2-3-5-9-11(7-15)17-18-12(8-16)13(9)10;15-8-12-9-4-2-1-3-5-10-13(18)7-6-11(14(9)10)16-17-12;1-12-10(11)9-7-5-3-2-4-6-8-9;5-1-3-7-9-4(2-6)10-8-3;;1-2/h9-10,13H,2-8,15-16H2,1H3;9-10,14H,1-8,15H2;5,7,9H,2-4,6,8H2,1H3;1-2,5-6H2;1H4;/b;;7-5+;;;. The second-order valence-electron chi connectivity index (χ2n) is 16.1. The third-order valence-electron chi connectivity index (χ3n) is 12.4. The van der Waals surface area contributed by atoms with Crippen LogP contribution in [0.4, 0.5) is 0 Å². The molecular formula is C43H73N15O5. The zero-order valence-corrected chi connectivity index (χ0v) is 36.7. The molecule has 3 heterocycles. The molecule has 1 aromatic heterocycles. The van der Waals surface area contributed by atoms with Gasteiger partial charge in [0.15, 0.2) is 11.6 Å². The first-order valence-corrected chi connectivity index (χ1v) is 22.1. The number of hydrogen-bond donors (Lipinski definition) is 5. The van der Waals surface area contributed by atoms with Crippen LogP contribution in [0.3, 0.4) is 0 Å². The van der Waals surface area contributed by atoms with Gasteiger partial charge in [0.1, 0.15) is 5.78 Å². The molecule has 6 aliphatic rings. The Kier molecular flexibility index (Phi) is 26.1. The highest BCUT2D eigenvalue weighted by Gasteiger charge is 2.44. The molecule has 0 bridgehead atoms. The molecule has 7 rings (SSSR count). The Morgan fingerprint density at radius 1 is 0.587 bits per heavy atom. The van der Waals surface area contributed by atoms with Crippen molar-refractivity contribution >= 4 is 40.6 Å². The number of carbonyl (C=O) groups is 3. The van der Waals surface area contributed by atoms with E-state index in [9.17, 15) is 14.4 Å². The van der Waals surface area contributed by atoms with E-state index in [0.29, 0.717) is 55.3 Å². The number of ketones is 1. The van der Waals surface area contributed by atoms with E-state index in [2.05, 4.69) is 46.9 Å². The summed E-state index contributed by atoms with van der Waals surface area (Å²) >= 11 is 0. The van der Waals surface area contributed by atoms with Gasteiger partial charge < -0.3 is 38.1 Å². The molecule has 2 aliphatic heterocycles. The lowest BCUT2D eigenvalue weighted by Gasteiger charge is -2.40. The molecular weight excluding hydrogens is 807 g/mol. The number of carbonyl (C=O) groups excluding carboxylic acids is 3. The smallest absolute Gasteiger partial charge is 0.312 e. The van der Waals surface area contributed by atoms with Crippen molar-refractivity contribution < 1.29 is 23.9 Å². The predicted molar refractivity (Wildman–Crippen MR) is 242 cm³/mol. The van der Waals surface area contributed by atoms with Crippen LogP contribution in [-0.4, -0.2) is 94.8 Å². The van der Waals surface area contributed by atoms with Crippen molar-refractivity contribution in [2.45, 2.75) is 130 Å². The Balaban J connectivity index is 0.000000293. The average Bonchev–Trinajstić information content (AvgIpc) is 3.29. The zero-order valence-electron chi connectivity index (χ0n) is 36.7. The van der Waals surface area contributed by atoms with Gasteiger partial charge in [-0.1, -0.05) is 70.9 Å². The van der Waals surface area contributed by atoms with Gasteiger partial charge in [0.2, 0.25) is 0 Å². The molecule has 0 spiro atoms. The van der Waals surface area contributed by atoms with Crippen molar-refractivity contribution in [1.29, 1.82) is 10.8 Å². The number of esters is 2. The Labute approximate surface area is 372 Å². The molecule has 1 aromatic rings. The van der Waals surface area contributed by atoms with Crippen LogP contribution in [0, 0.1) is 52.2 Å². The molecule has 63 heavy (non-hydrogen) atoms. The molecule has 0 amide bonds. The fraction of sp³-hybridized carbons (Fsp3) is 0.744. The molecule has 7 atom stereocenters. The largest absolute Gasteiger partial charge is 0.469 e. The van der Waals surface area contributed by atoms with Crippen LogP contribution in [0.5, 0.6) is 0 Å². The summed E-state index contributed by atoms with van der Waals surface area (Å²) < 4.78 is 9.69. The van der Waals surface area contributed by atoms with Crippen LogP contribution in [0.2, 0.25) is 0 Å². The summed E-state index contributed by atoms with van der Waals surface area (Å²) in [5, 5.41) is 43.7. The molecule has 3 saturated carbocycles. The summed E-state index contributed by atoms with van der Waals surface area (Å²) in [6, 6.07) is 0. The van der Waals surface area contributed by atoms with Gasteiger partial charge >= 0.3 is 11.9 Å². The fourth-order valence-electron chi connectivity index (χ4n) is 9.24. The quantitative estimate of drug-likeness (QED) is 0.148. The van der Waals surface area contributed by atoms with Crippen LogP contribution in [-0.2, 0) is 36.9 Å². The lowest BCUT2D eigenvalue weighted by atomic mass is 9.64. The number of allylic oxidation sites excluding steroid dienone is 1. The van der Waals surface area contributed by atoms with Crippen molar-refractivity contribution in [3.63, 3.8) is 0 Å². The maximum absolute atomic E-state index is 12.2. The predicted octanol–water partition coefficient (Wildman–Crippen LogP) is 3.78. The highest BCUT2D eigenvalue weighted by Crippen LogP contribution is 2.41. The molecule has 350 valence electrons. The number of fused-ring (bicyclic) bond motifs is 1. The Morgan fingerprint density at radius 2 is 1.06 bits per heavy atom. The van der Waals surface area contributed by atoms with Gasteiger partial charge in [-0.25, -0.2) is 0 Å². The summed E-state index contributed by atoms with van der Waals surface area (Å²) in [5.41, 5.74) is 31.7. The maximum Gasteiger partial charge on any atom is 0.312 e. The summed E-state index contributed by atoms with van der Waals surface area (Å²) in [6.07, 6.45) is 22.2. The number of rotatable bonds is 7. The van der Waals surface area contributed by atoms with Crippen molar-refractivity contribution in [3.8, 4) is 0 Å². The molecule has 7 unspecified atom stereocenters. The topological polar surface area (TPSA) is 348 Å².